The van der Waals surface area contributed by atoms with Crippen molar-refractivity contribution in [2.45, 2.75) is 12.6 Å². The van der Waals surface area contributed by atoms with Crippen molar-refractivity contribution in [3.05, 3.63) is 0 Å². The second-order valence-electron chi connectivity index (χ2n) is 2.45. The molecule has 0 saturated carbocycles. The van der Waals surface area contributed by atoms with E-state index < -0.39 is 24.6 Å². The number of cyclic esters (lactones) is 1. The molecule has 1 fully saturated rings. The summed E-state index contributed by atoms with van der Waals surface area (Å²) in [5.41, 5.74) is 0. The molecule has 0 N–H and O–H groups in total. The Morgan fingerprint density at radius 2 is 2.15 bits per heavy atom. The first-order chi connectivity index (χ1) is 5.90. The molecule has 0 aromatic heterocycles. The lowest BCUT2D eigenvalue weighted by molar-refractivity contribution is -0.158. The number of rotatable bonds is 1. The number of imide groups is 1. The van der Waals surface area contributed by atoms with Crippen molar-refractivity contribution in [1.82, 2.24) is 4.90 Å². The smallest absolute Gasteiger partial charge is 0.416 e. The van der Waals surface area contributed by atoms with Gasteiger partial charge in [0.15, 0.2) is 0 Å². The molecule has 0 aliphatic carbocycles. The summed E-state index contributed by atoms with van der Waals surface area (Å²) in [5, 5.41) is 0. The van der Waals surface area contributed by atoms with Crippen molar-refractivity contribution in [3.63, 3.8) is 0 Å². The lowest BCUT2D eigenvalue weighted by Gasteiger charge is -2.11. The van der Waals surface area contributed by atoms with Gasteiger partial charge >= 0.3 is 12.3 Å². The summed E-state index contributed by atoms with van der Waals surface area (Å²) in [6.45, 7) is -0.143. The van der Waals surface area contributed by atoms with Crippen molar-refractivity contribution in [2.75, 3.05) is 13.2 Å². The molecule has 0 aromatic carbocycles. The molecule has 0 aromatic rings. The van der Waals surface area contributed by atoms with Crippen LogP contribution >= 0.6 is 0 Å². The van der Waals surface area contributed by atoms with E-state index in [9.17, 15) is 22.8 Å². The van der Waals surface area contributed by atoms with Gasteiger partial charge in [0, 0.05) is 0 Å². The van der Waals surface area contributed by atoms with Crippen LogP contribution in [0.15, 0.2) is 0 Å². The molecule has 1 saturated heterocycles. The Morgan fingerprint density at radius 3 is 2.54 bits per heavy atom. The van der Waals surface area contributed by atoms with Gasteiger partial charge in [-0.25, -0.2) is 9.69 Å². The average Bonchev–Trinajstić information content (AvgIpc) is 2.30. The van der Waals surface area contributed by atoms with Crippen LogP contribution in [0.4, 0.5) is 18.0 Å². The van der Waals surface area contributed by atoms with Crippen molar-refractivity contribution in [2.24, 2.45) is 0 Å². The molecule has 1 aliphatic rings. The fourth-order valence-corrected chi connectivity index (χ4v) is 0.887. The Kier molecular flexibility index (Phi) is 2.44. The maximum absolute atomic E-state index is 11.7. The van der Waals surface area contributed by atoms with Gasteiger partial charge in [-0.2, -0.15) is 13.2 Å². The summed E-state index contributed by atoms with van der Waals surface area (Å²) in [5.74, 6) is -1.27. The van der Waals surface area contributed by atoms with E-state index >= 15 is 0 Å². The molecule has 1 rings (SSSR count). The molecule has 1 aliphatic heterocycles. The number of amides is 2. The Balaban J connectivity index is 2.53. The number of alkyl halides is 3. The van der Waals surface area contributed by atoms with Gasteiger partial charge in [-0.3, -0.25) is 4.79 Å². The summed E-state index contributed by atoms with van der Waals surface area (Å²) >= 11 is 0. The average molecular weight is 197 g/mol. The van der Waals surface area contributed by atoms with Gasteiger partial charge in [0.05, 0.1) is 6.54 Å². The van der Waals surface area contributed by atoms with Crippen LogP contribution < -0.4 is 0 Å². The topological polar surface area (TPSA) is 46.6 Å². The quantitative estimate of drug-likeness (QED) is 0.627. The molecule has 0 bridgehead atoms. The number of nitrogens with zero attached hydrogens (tertiary/aromatic N) is 1. The standard InChI is InChI=1S/C6H6F3NO3/c7-6(8,9)3-4(11)10-1-2-13-5(10)12/h1-3H2. The predicted octanol–water partition coefficient (Wildman–Crippen LogP) is 0.918. The van der Waals surface area contributed by atoms with Crippen LogP contribution in [0.1, 0.15) is 6.42 Å². The number of carbonyl (C=O) groups excluding carboxylic acids is 2. The molecule has 0 spiro atoms. The second kappa shape index (κ2) is 3.23. The number of carbonyl (C=O) groups is 2. The minimum Gasteiger partial charge on any atom is -0.447 e. The molecular weight excluding hydrogens is 191 g/mol. The summed E-state index contributed by atoms with van der Waals surface area (Å²) in [6.07, 6.45) is -7.21. The number of hydrogen-bond donors (Lipinski definition) is 0. The highest BCUT2D eigenvalue weighted by molar-refractivity contribution is 5.93. The summed E-state index contributed by atoms with van der Waals surface area (Å²) in [6, 6.07) is 0. The van der Waals surface area contributed by atoms with Gasteiger partial charge in [-0.1, -0.05) is 0 Å². The van der Waals surface area contributed by atoms with E-state index in [2.05, 4.69) is 4.74 Å². The minimum absolute atomic E-state index is 0.0393. The highest BCUT2D eigenvalue weighted by atomic mass is 19.4. The van der Waals surface area contributed by atoms with Crippen LogP contribution in [0.5, 0.6) is 0 Å². The first kappa shape index (κ1) is 9.82. The molecular formula is C6H6F3NO3. The van der Waals surface area contributed by atoms with Crippen LogP contribution in [-0.4, -0.2) is 36.2 Å². The number of ether oxygens (including phenoxy) is 1. The third-order valence-electron chi connectivity index (χ3n) is 1.41. The molecule has 0 radical (unpaired) electrons. The summed E-state index contributed by atoms with van der Waals surface area (Å²) in [7, 11) is 0. The Bertz CT molecular complexity index is 238. The Hall–Kier alpha value is -1.27. The fourth-order valence-electron chi connectivity index (χ4n) is 0.887. The van der Waals surface area contributed by atoms with Crippen molar-refractivity contribution in [3.8, 4) is 0 Å². The zero-order valence-electron chi connectivity index (χ0n) is 6.43. The maximum atomic E-state index is 11.7. The number of halogens is 3. The molecule has 74 valence electrons. The van der Waals surface area contributed by atoms with Gasteiger partial charge in [-0.05, 0) is 0 Å². The van der Waals surface area contributed by atoms with Crippen LogP contribution in [0.25, 0.3) is 0 Å². The highest BCUT2D eigenvalue weighted by Crippen LogP contribution is 2.21. The summed E-state index contributed by atoms with van der Waals surface area (Å²) < 4.78 is 39.4. The van der Waals surface area contributed by atoms with Crippen molar-refractivity contribution in [1.29, 1.82) is 0 Å². The predicted molar refractivity (Wildman–Crippen MR) is 33.7 cm³/mol. The van der Waals surface area contributed by atoms with E-state index in [0.29, 0.717) is 4.90 Å². The van der Waals surface area contributed by atoms with E-state index in [1.807, 2.05) is 0 Å². The number of hydrogen-bond acceptors (Lipinski definition) is 3. The molecule has 2 amide bonds. The van der Waals surface area contributed by atoms with E-state index in [1.165, 1.54) is 0 Å². The molecule has 7 heteroatoms. The third-order valence-corrected chi connectivity index (χ3v) is 1.41. The zero-order valence-corrected chi connectivity index (χ0v) is 6.43. The van der Waals surface area contributed by atoms with E-state index in [0.717, 1.165) is 0 Å². The van der Waals surface area contributed by atoms with Gasteiger partial charge in [-0.15, -0.1) is 0 Å². The van der Waals surface area contributed by atoms with E-state index in [1.54, 1.807) is 0 Å². The largest absolute Gasteiger partial charge is 0.447 e. The Labute approximate surface area is 71.3 Å². The van der Waals surface area contributed by atoms with Gasteiger partial charge < -0.3 is 4.74 Å². The third kappa shape index (κ3) is 2.60. The zero-order chi connectivity index (χ0) is 10.1. The minimum atomic E-state index is -4.58. The van der Waals surface area contributed by atoms with Gasteiger partial charge in [0.2, 0.25) is 5.91 Å². The van der Waals surface area contributed by atoms with Gasteiger partial charge in [0.1, 0.15) is 13.0 Å². The molecule has 13 heavy (non-hydrogen) atoms. The van der Waals surface area contributed by atoms with Crippen molar-refractivity contribution < 1.29 is 27.5 Å². The van der Waals surface area contributed by atoms with E-state index in [4.69, 9.17) is 0 Å². The monoisotopic (exact) mass is 197 g/mol. The van der Waals surface area contributed by atoms with Crippen LogP contribution in [0.3, 0.4) is 0 Å². The molecule has 1 heterocycles. The van der Waals surface area contributed by atoms with Crippen LogP contribution in [0, 0.1) is 0 Å². The SMILES string of the molecule is O=C(CC(F)(F)F)N1CCOC1=O. The lowest BCUT2D eigenvalue weighted by Crippen LogP contribution is -2.34. The lowest BCUT2D eigenvalue weighted by atomic mass is 10.3. The first-order valence-electron chi connectivity index (χ1n) is 3.44. The fraction of sp³-hybridized carbons (Fsp3) is 0.667. The summed E-state index contributed by atoms with van der Waals surface area (Å²) in [4.78, 5) is 21.8. The van der Waals surface area contributed by atoms with Crippen LogP contribution in [-0.2, 0) is 9.53 Å². The first-order valence-corrected chi connectivity index (χ1v) is 3.44. The highest BCUT2D eigenvalue weighted by Gasteiger charge is 2.37. The van der Waals surface area contributed by atoms with E-state index in [-0.39, 0.29) is 13.2 Å². The van der Waals surface area contributed by atoms with Crippen molar-refractivity contribution >= 4 is 12.0 Å². The maximum Gasteiger partial charge on any atom is 0.416 e. The Morgan fingerprint density at radius 1 is 1.54 bits per heavy atom. The molecule has 0 unspecified atom stereocenters. The second-order valence-corrected chi connectivity index (χ2v) is 2.45. The molecule has 4 nitrogen and oxygen atoms in total. The normalized spacial score (nSPS) is 17.5. The van der Waals surface area contributed by atoms with Gasteiger partial charge in [0.25, 0.3) is 0 Å². The molecule has 0 atom stereocenters. The van der Waals surface area contributed by atoms with Crippen LogP contribution in [0.2, 0.25) is 0 Å².